The van der Waals surface area contributed by atoms with Gasteiger partial charge in [0.2, 0.25) is 5.43 Å². The third-order valence-electron chi connectivity index (χ3n) is 4.09. The fourth-order valence-electron chi connectivity index (χ4n) is 2.84. The van der Waals surface area contributed by atoms with Gasteiger partial charge >= 0.3 is 6.36 Å². The number of alkyl halides is 3. The fourth-order valence-corrected chi connectivity index (χ4v) is 2.98. The van der Waals surface area contributed by atoms with E-state index in [0.717, 1.165) is 12.1 Å². The van der Waals surface area contributed by atoms with Crippen LogP contribution in [0.4, 0.5) is 13.2 Å². The average molecular weight is 447 g/mol. The van der Waals surface area contributed by atoms with Crippen molar-refractivity contribution in [2.45, 2.75) is 20.2 Å². The molecule has 0 aliphatic heterocycles. The Labute approximate surface area is 173 Å². The minimum absolute atomic E-state index is 0. The summed E-state index contributed by atoms with van der Waals surface area (Å²) in [4.78, 5) is 30.9. The molecule has 154 valence electrons. The highest BCUT2D eigenvalue weighted by molar-refractivity contribution is 6.31. The molecule has 0 aliphatic rings. The lowest BCUT2D eigenvalue weighted by molar-refractivity contribution is -0.274. The number of aryl methyl sites for hydroxylation is 2. The summed E-state index contributed by atoms with van der Waals surface area (Å²) in [6.07, 6.45) is -3.40. The van der Waals surface area contributed by atoms with Gasteiger partial charge in [-0.1, -0.05) is 11.6 Å². The number of aromatic amines is 2. The molecule has 29 heavy (non-hydrogen) atoms. The third-order valence-corrected chi connectivity index (χ3v) is 4.54. The van der Waals surface area contributed by atoms with Gasteiger partial charge in [-0.3, -0.25) is 9.59 Å². The molecule has 0 aliphatic carbocycles. The maximum atomic E-state index is 12.6. The quantitative estimate of drug-likeness (QED) is 0.595. The summed E-state index contributed by atoms with van der Waals surface area (Å²) >= 11 is 6.00. The maximum Gasteiger partial charge on any atom is 0.573 e. The molecule has 0 radical (unpaired) electrons. The van der Waals surface area contributed by atoms with Crippen molar-refractivity contribution in [3.05, 3.63) is 73.4 Å². The lowest BCUT2D eigenvalue weighted by Crippen LogP contribution is -2.17. The van der Waals surface area contributed by atoms with Gasteiger partial charge in [-0.05, 0) is 43.7 Å². The normalized spacial score (nSPS) is 11.1. The van der Waals surface area contributed by atoms with E-state index in [-0.39, 0.29) is 34.3 Å². The average Bonchev–Trinajstić information content (AvgIpc) is 2.60. The molecule has 0 spiro atoms. The van der Waals surface area contributed by atoms with Crippen molar-refractivity contribution in [3.63, 3.8) is 0 Å². The molecule has 0 unspecified atom stereocenters. The van der Waals surface area contributed by atoms with E-state index < -0.39 is 17.2 Å². The van der Waals surface area contributed by atoms with Crippen molar-refractivity contribution in [2.24, 2.45) is 0 Å². The Morgan fingerprint density at radius 3 is 2.21 bits per heavy atom. The lowest BCUT2D eigenvalue weighted by Gasteiger charge is -2.10. The monoisotopic (exact) mass is 446 g/mol. The second-order valence-corrected chi connectivity index (χ2v) is 6.47. The molecule has 3 aromatic rings. The SMILES string of the molecule is Cc1[nH]c(C)c(-c2c[nH]c(-c3ccc(OC(F)(F)F)cc3)cc2=O)c(=O)c1Cl.Cl. The molecular formula is C19H15Cl2F3N2O3. The fraction of sp³-hybridized carbons (Fsp3) is 0.158. The van der Waals surface area contributed by atoms with Gasteiger partial charge in [-0.25, -0.2) is 0 Å². The first kappa shape index (κ1) is 22.6. The zero-order valence-corrected chi connectivity index (χ0v) is 16.7. The maximum absolute atomic E-state index is 12.6. The zero-order chi connectivity index (χ0) is 20.6. The smallest absolute Gasteiger partial charge is 0.406 e. The van der Waals surface area contributed by atoms with Crippen LogP contribution in [0.5, 0.6) is 5.75 Å². The van der Waals surface area contributed by atoms with Crippen molar-refractivity contribution < 1.29 is 17.9 Å². The first-order chi connectivity index (χ1) is 13.1. The largest absolute Gasteiger partial charge is 0.573 e. The minimum atomic E-state index is -4.78. The van der Waals surface area contributed by atoms with Gasteiger partial charge in [0.1, 0.15) is 10.8 Å². The Morgan fingerprint density at radius 2 is 1.66 bits per heavy atom. The van der Waals surface area contributed by atoms with Crippen molar-refractivity contribution in [3.8, 4) is 28.1 Å². The summed E-state index contributed by atoms with van der Waals surface area (Å²) in [6.45, 7) is 3.31. The Hall–Kier alpha value is -2.71. The van der Waals surface area contributed by atoms with Crippen LogP contribution in [0.3, 0.4) is 0 Å². The summed E-state index contributed by atoms with van der Waals surface area (Å²) in [5.74, 6) is -0.369. The van der Waals surface area contributed by atoms with Gasteiger partial charge < -0.3 is 14.7 Å². The Morgan fingerprint density at radius 1 is 1.03 bits per heavy atom. The highest BCUT2D eigenvalue weighted by atomic mass is 35.5. The second kappa shape index (κ2) is 8.34. The van der Waals surface area contributed by atoms with E-state index in [2.05, 4.69) is 14.7 Å². The first-order valence-corrected chi connectivity index (χ1v) is 8.43. The summed E-state index contributed by atoms with van der Waals surface area (Å²) in [7, 11) is 0. The summed E-state index contributed by atoms with van der Waals surface area (Å²) in [5, 5.41) is 0.00401. The zero-order valence-electron chi connectivity index (χ0n) is 15.1. The Kier molecular flexibility index (Phi) is 6.50. The number of benzene rings is 1. The molecule has 0 bridgehead atoms. The van der Waals surface area contributed by atoms with Crippen molar-refractivity contribution in [1.29, 1.82) is 0 Å². The molecule has 0 atom stereocenters. The first-order valence-electron chi connectivity index (χ1n) is 8.05. The molecule has 10 heteroatoms. The molecule has 3 rings (SSSR count). The standard InChI is InChI=1S/C19H14ClF3N2O3.ClH/c1-9-16(18(27)17(20)10(2)25-9)13-8-24-14(7-15(13)26)11-3-5-12(6-4-11)28-19(21,22)23;/h3-8H,1-2H3,(H,24,26)(H,25,27);1H. The van der Waals surface area contributed by atoms with Crippen LogP contribution in [0.25, 0.3) is 22.4 Å². The number of aromatic nitrogens is 2. The van der Waals surface area contributed by atoms with Gasteiger partial charge in [0.05, 0.1) is 11.1 Å². The van der Waals surface area contributed by atoms with Crippen LogP contribution in [-0.4, -0.2) is 16.3 Å². The highest BCUT2D eigenvalue weighted by Crippen LogP contribution is 2.26. The van der Waals surface area contributed by atoms with Crippen LogP contribution in [0.15, 0.2) is 46.1 Å². The van der Waals surface area contributed by atoms with E-state index in [9.17, 15) is 22.8 Å². The summed E-state index contributed by atoms with van der Waals surface area (Å²) in [5.41, 5.74) is 1.27. The molecule has 0 saturated carbocycles. The van der Waals surface area contributed by atoms with E-state index in [1.807, 2.05) is 0 Å². The lowest BCUT2D eigenvalue weighted by atomic mass is 10.0. The van der Waals surface area contributed by atoms with Crippen LogP contribution in [0.2, 0.25) is 5.02 Å². The molecule has 2 aromatic heterocycles. The van der Waals surface area contributed by atoms with Crippen molar-refractivity contribution >= 4 is 24.0 Å². The van der Waals surface area contributed by atoms with Crippen LogP contribution in [0.1, 0.15) is 11.4 Å². The number of hydrogen-bond donors (Lipinski definition) is 2. The topological polar surface area (TPSA) is 75.0 Å². The number of ether oxygens (including phenoxy) is 1. The van der Waals surface area contributed by atoms with E-state index in [1.165, 1.54) is 24.4 Å². The molecule has 5 nitrogen and oxygen atoms in total. The van der Waals surface area contributed by atoms with Gasteiger partial charge in [-0.2, -0.15) is 0 Å². The number of H-pyrrole nitrogens is 2. The van der Waals surface area contributed by atoms with Gasteiger partial charge in [0.15, 0.2) is 5.43 Å². The Balaban J connectivity index is 0.00000300. The van der Waals surface area contributed by atoms with Crippen LogP contribution in [-0.2, 0) is 0 Å². The van der Waals surface area contributed by atoms with E-state index in [0.29, 0.717) is 22.6 Å². The number of hydrogen-bond acceptors (Lipinski definition) is 3. The predicted octanol–water partition coefficient (Wildman–Crippen LogP) is 4.99. The van der Waals surface area contributed by atoms with E-state index in [1.54, 1.807) is 13.8 Å². The van der Waals surface area contributed by atoms with Gasteiger partial charge in [0, 0.05) is 29.3 Å². The number of rotatable bonds is 3. The third kappa shape index (κ3) is 4.83. The van der Waals surface area contributed by atoms with Gasteiger partial charge in [-0.15, -0.1) is 25.6 Å². The molecule has 2 heterocycles. The van der Waals surface area contributed by atoms with E-state index >= 15 is 0 Å². The number of pyridine rings is 2. The second-order valence-electron chi connectivity index (χ2n) is 6.09. The molecule has 0 saturated heterocycles. The van der Waals surface area contributed by atoms with Crippen molar-refractivity contribution in [2.75, 3.05) is 0 Å². The van der Waals surface area contributed by atoms with Crippen LogP contribution >= 0.6 is 24.0 Å². The predicted molar refractivity (Wildman–Crippen MR) is 107 cm³/mol. The molecule has 0 amide bonds. The number of halogens is 5. The van der Waals surface area contributed by atoms with Crippen molar-refractivity contribution in [1.82, 2.24) is 9.97 Å². The minimum Gasteiger partial charge on any atom is -0.406 e. The highest BCUT2D eigenvalue weighted by Gasteiger charge is 2.31. The molecular weight excluding hydrogens is 432 g/mol. The van der Waals surface area contributed by atoms with E-state index in [4.69, 9.17) is 11.6 Å². The summed E-state index contributed by atoms with van der Waals surface area (Å²) in [6, 6.07) is 6.31. The van der Waals surface area contributed by atoms with Gasteiger partial charge in [0.25, 0.3) is 0 Å². The number of nitrogens with one attached hydrogen (secondary N) is 2. The van der Waals surface area contributed by atoms with Crippen LogP contribution < -0.4 is 15.6 Å². The Bertz CT molecular complexity index is 1150. The molecule has 0 fully saturated rings. The van der Waals surface area contributed by atoms with Crippen LogP contribution in [0, 0.1) is 13.8 Å². The molecule has 2 N–H and O–H groups in total. The summed E-state index contributed by atoms with van der Waals surface area (Å²) < 4.78 is 40.5. The molecule has 1 aromatic carbocycles.